The van der Waals surface area contributed by atoms with Crippen molar-refractivity contribution in [2.75, 3.05) is 33.3 Å². The van der Waals surface area contributed by atoms with Crippen molar-refractivity contribution >= 4 is 11.9 Å². The maximum Gasteiger partial charge on any atom is 0.309 e. The lowest BCUT2D eigenvalue weighted by Gasteiger charge is -2.16. The summed E-state index contributed by atoms with van der Waals surface area (Å²) in [6.45, 7) is 4.30. The van der Waals surface area contributed by atoms with Crippen LogP contribution in [0, 0.1) is 5.92 Å². The van der Waals surface area contributed by atoms with Gasteiger partial charge in [-0.1, -0.05) is 6.92 Å². The average Bonchev–Trinajstić information content (AvgIpc) is 2.81. The molecule has 1 atom stereocenters. The van der Waals surface area contributed by atoms with Gasteiger partial charge in [-0.3, -0.25) is 9.59 Å². The topological polar surface area (TPSA) is 58.6 Å². The fourth-order valence-electron chi connectivity index (χ4n) is 1.76. The highest BCUT2D eigenvalue weighted by molar-refractivity contribution is 5.78. The smallest absolute Gasteiger partial charge is 0.309 e. The Labute approximate surface area is 96.1 Å². The fraction of sp³-hybridized carbons (Fsp3) is 0.818. The number of nitrogens with zero attached hydrogens (tertiary/aromatic N) is 1. The van der Waals surface area contributed by atoms with Gasteiger partial charge in [0.25, 0.3) is 0 Å². The van der Waals surface area contributed by atoms with Crippen molar-refractivity contribution in [2.45, 2.75) is 19.8 Å². The van der Waals surface area contributed by atoms with E-state index >= 15 is 0 Å². The molecule has 1 unspecified atom stereocenters. The molecule has 1 rings (SSSR count). The van der Waals surface area contributed by atoms with Gasteiger partial charge in [0.1, 0.15) is 0 Å². The lowest BCUT2D eigenvalue weighted by molar-refractivity contribution is -0.144. The predicted octanol–water partition coefficient (Wildman–Crippen LogP) is 0.00750. The highest BCUT2D eigenvalue weighted by Crippen LogP contribution is 2.06. The molecular formula is C11H20N2O3. The monoisotopic (exact) mass is 228 g/mol. The number of nitrogens with one attached hydrogen (secondary N) is 1. The highest BCUT2D eigenvalue weighted by atomic mass is 16.5. The average molecular weight is 228 g/mol. The summed E-state index contributed by atoms with van der Waals surface area (Å²) in [7, 11) is 1.37. The molecule has 0 bridgehead atoms. The van der Waals surface area contributed by atoms with E-state index in [0.29, 0.717) is 13.1 Å². The minimum atomic E-state index is -0.249. The molecule has 92 valence electrons. The molecule has 0 radical (unpaired) electrons. The summed E-state index contributed by atoms with van der Waals surface area (Å²) in [4.78, 5) is 24.6. The molecule has 1 fully saturated rings. The molecule has 1 aliphatic rings. The second-order valence-electron chi connectivity index (χ2n) is 4.14. The summed E-state index contributed by atoms with van der Waals surface area (Å²) < 4.78 is 4.60. The Morgan fingerprint density at radius 2 is 2.00 bits per heavy atom. The van der Waals surface area contributed by atoms with Crippen LogP contribution in [-0.2, 0) is 14.3 Å². The second-order valence-corrected chi connectivity index (χ2v) is 4.14. The first-order valence-corrected chi connectivity index (χ1v) is 5.71. The number of hydrogen-bond donors (Lipinski definition) is 1. The maximum atomic E-state index is 11.6. The van der Waals surface area contributed by atoms with Crippen LogP contribution in [0.25, 0.3) is 0 Å². The van der Waals surface area contributed by atoms with E-state index in [4.69, 9.17) is 0 Å². The molecule has 1 N–H and O–H groups in total. The first kappa shape index (κ1) is 13.0. The summed E-state index contributed by atoms with van der Waals surface area (Å²) in [5, 5.41) is 2.98. The van der Waals surface area contributed by atoms with Gasteiger partial charge in [-0.15, -0.1) is 0 Å². The zero-order chi connectivity index (χ0) is 12.0. The lowest BCUT2D eigenvalue weighted by atomic mass is 10.2. The Kier molecular flexibility index (Phi) is 5.25. The van der Waals surface area contributed by atoms with E-state index < -0.39 is 0 Å². The van der Waals surface area contributed by atoms with Crippen molar-refractivity contribution in [3.8, 4) is 0 Å². The molecule has 16 heavy (non-hydrogen) atoms. The number of methoxy groups -OCH3 is 1. The number of likely N-dealkylation sites (tertiary alicyclic amines) is 1. The Bertz CT molecular complexity index is 250. The third kappa shape index (κ3) is 3.81. The van der Waals surface area contributed by atoms with E-state index in [9.17, 15) is 9.59 Å². The van der Waals surface area contributed by atoms with E-state index in [0.717, 1.165) is 25.9 Å². The summed E-state index contributed by atoms with van der Waals surface area (Å²) in [6, 6.07) is 0. The normalized spacial score (nSPS) is 17.2. The first-order valence-electron chi connectivity index (χ1n) is 5.71. The van der Waals surface area contributed by atoms with Crippen molar-refractivity contribution in [1.82, 2.24) is 10.2 Å². The number of amides is 1. The molecule has 1 aliphatic heterocycles. The summed E-state index contributed by atoms with van der Waals surface area (Å²) in [5.74, 6) is -0.341. The van der Waals surface area contributed by atoms with Crippen molar-refractivity contribution in [1.29, 1.82) is 0 Å². The van der Waals surface area contributed by atoms with Gasteiger partial charge in [-0.2, -0.15) is 0 Å². The van der Waals surface area contributed by atoms with E-state index in [2.05, 4.69) is 10.1 Å². The number of ether oxygens (including phenoxy) is 1. The number of rotatable bonds is 5. The van der Waals surface area contributed by atoms with Gasteiger partial charge in [0.15, 0.2) is 0 Å². The molecule has 1 saturated heterocycles. The summed E-state index contributed by atoms with van der Waals surface area (Å²) in [5.41, 5.74) is 0. The van der Waals surface area contributed by atoms with Crippen LogP contribution in [0.2, 0.25) is 0 Å². The molecule has 1 amide bonds. The van der Waals surface area contributed by atoms with Crippen molar-refractivity contribution in [3.05, 3.63) is 0 Å². The highest BCUT2D eigenvalue weighted by Gasteiger charge is 2.18. The standard InChI is InChI=1S/C11H20N2O3/c1-9(11(15)16-2)7-12-8-10(14)13-5-3-4-6-13/h9,12H,3-8H2,1-2H3. The fourth-order valence-corrected chi connectivity index (χ4v) is 1.76. The minimum Gasteiger partial charge on any atom is -0.469 e. The molecule has 0 aromatic carbocycles. The van der Waals surface area contributed by atoms with Crippen molar-refractivity contribution in [3.63, 3.8) is 0 Å². The number of hydrogen-bond acceptors (Lipinski definition) is 4. The van der Waals surface area contributed by atoms with Gasteiger partial charge >= 0.3 is 5.97 Å². The molecular weight excluding hydrogens is 208 g/mol. The minimum absolute atomic E-state index is 0.120. The van der Waals surface area contributed by atoms with E-state index in [-0.39, 0.29) is 17.8 Å². The molecule has 0 aromatic heterocycles. The van der Waals surface area contributed by atoms with Gasteiger partial charge in [0.05, 0.1) is 19.6 Å². The maximum absolute atomic E-state index is 11.6. The summed E-state index contributed by atoms with van der Waals surface area (Å²) in [6.07, 6.45) is 2.20. The van der Waals surface area contributed by atoms with Crippen LogP contribution in [0.5, 0.6) is 0 Å². The van der Waals surface area contributed by atoms with Gasteiger partial charge < -0.3 is 15.0 Å². The molecule has 0 saturated carbocycles. The Morgan fingerprint density at radius 3 is 2.56 bits per heavy atom. The van der Waals surface area contributed by atoms with Gasteiger partial charge in [-0.05, 0) is 12.8 Å². The molecule has 5 heteroatoms. The van der Waals surface area contributed by atoms with E-state index in [1.807, 2.05) is 4.90 Å². The quantitative estimate of drug-likeness (QED) is 0.673. The van der Waals surface area contributed by atoms with E-state index in [1.54, 1.807) is 6.92 Å². The first-order chi connectivity index (χ1) is 7.65. The van der Waals surface area contributed by atoms with Crippen LogP contribution in [0.15, 0.2) is 0 Å². The van der Waals surface area contributed by atoms with Gasteiger partial charge in [0, 0.05) is 19.6 Å². The number of carbonyl (C=O) groups is 2. The molecule has 0 aromatic rings. The van der Waals surface area contributed by atoms with Crippen molar-refractivity contribution in [2.24, 2.45) is 5.92 Å². The lowest BCUT2D eigenvalue weighted by Crippen LogP contribution is -2.38. The van der Waals surface area contributed by atoms with Crippen LogP contribution in [0.4, 0.5) is 0 Å². The Morgan fingerprint density at radius 1 is 1.38 bits per heavy atom. The summed E-state index contributed by atoms with van der Waals surface area (Å²) >= 11 is 0. The zero-order valence-electron chi connectivity index (χ0n) is 9.99. The molecule has 0 spiro atoms. The SMILES string of the molecule is COC(=O)C(C)CNCC(=O)N1CCCC1. The second kappa shape index (κ2) is 6.48. The predicted molar refractivity (Wildman–Crippen MR) is 59.9 cm³/mol. The van der Waals surface area contributed by atoms with Crippen LogP contribution in [-0.4, -0.2) is 50.1 Å². The molecule has 5 nitrogen and oxygen atoms in total. The molecule has 1 heterocycles. The third-order valence-electron chi connectivity index (χ3n) is 2.79. The van der Waals surface area contributed by atoms with Crippen LogP contribution < -0.4 is 5.32 Å². The Balaban J connectivity index is 2.14. The van der Waals surface area contributed by atoms with Gasteiger partial charge in [0.2, 0.25) is 5.91 Å². The van der Waals surface area contributed by atoms with Crippen LogP contribution >= 0.6 is 0 Å². The largest absolute Gasteiger partial charge is 0.469 e. The van der Waals surface area contributed by atoms with Crippen LogP contribution in [0.3, 0.4) is 0 Å². The Hall–Kier alpha value is -1.10. The zero-order valence-corrected chi connectivity index (χ0v) is 9.99. The number of carbonyl (C=O) groups excluding carboxylic acids is 2. The van der Waals surface area contributed by atoms with Gasteiger partial charge in [-0.25, -0.2) is 0 Å². The van der Waals surface area contributed by atoms with Crippen molar-refractivity contribution < 1.29 is 14.3 Å². The number of esters is 1. The van der Waals surface area contributed by atoms with E-state index in [1.165, 1.54) is 7.11 Å². The van der Waals surface area contributed by atoms with Crippen LogP contribution in [0.1, 0.15) is 19.8 Å². The molecule has 0 aliphatic carbocycles. The third-order valence-corrected chi connectivity index (χ3v) is 2.79.